The standard InChI is InChI=1S/C26H36N6O7/c1-3-15(2)22(25(37)31-20(26(38)39)12-17-13-28-14-29-17)32-24(36)19(9-10-21(33)34)30-23(35)18(27)11-16-7-5-4-6-8-16/h4-8,13-15,18-20,22H,3,9-12,27H2,1-2H3,(H,28,29)(H,30,35)(H,31,37)(H,32,36)(H,33,34)(H,38,39). The van der Waals surface area contributed by atoms with E-state index in [1.165, 1.54) is 12.5 Å². The summed E-state index contributed by atoms with van der Waals surface area (Å²) in [4.78, 5) is 68.7. The molecule has 0 saturated carbocycles. The van der Waals surface area contributed by atoms with Crippen LogP contribution in [0.25, 0.3) is 0 Å². The maximum atomic E-state index is 13.2. The van der Waals surface area contributed by atoms with Gasteiger partial charge < -0.3 is 36.9 Å². The average Bonchev–Trinajstić information content (AvgIpc) is 3.42. The van der Waals surface area contributed by atoms with Crippen LogP contribution in [0.2, 0.25) is 0 Å². The first-order valence-electron chi connectivity index (χ1n) is 12.6. The number of benzene rings is 1. The van der Waals surface area contributed by atoms with Gasteiger partial charge in [0.1, 0.15) is 18.1 Å². The summed E-state index contributed by atoms with van der Waals surface area (Å²) in [6, 6.07) is 4.30. The fraction of sp³-hybridized carbons (Fsp3) is 0.462. The topological polar surface area (TPSA) is 217 Å². The fourth-order valence-corrected chi connectivity index (χ4v) is 3.81. The Hall–Kier alpha value is -4.26. The normalized spacial score (nSPS) is 14.7. The molecule has 0 spiro atoms. The molecular formula is C26H36N6O7. The van der Waals surface area contributed by atoms with Gasteiger partial charge in [-0.1, -0.05) is 50.6 Å². The quantitative estimate of drug-likeness (QED) is 0.151. The first-order valence-corrected chi connectivity index (χ1v) is 12.6. The number of H-pyrrole nitrogens is 1. The maximum absolute atomic E-state index is 13.2. The van der Waals surface area contributed by atoms with E-state index in [2.05, 4.69) is 25.9 Å². The zero-order valence-electron chi connectivity index (χ0n) is 21.9. The number of rotatable bonds is 16. The van der Waals surface area contributed by atoms with Crippen LogP contribution in [-0.2, 0) is 36.8 Å². The van der Waals surface area contributed by atoms with E-state index >= 15 is 0 Å². The summed E-state index contributed by atoms with van der Waals surface area (Å²) < 4.78 is 0. The number of carbonyl (C=O) groups excluding carboxylic acids is 3. The van der Waals surface area contributed by atoms with E-state index in [-0.39, 0.29) is 19.3 Å². The molecule has 3 amide bonds. The molecule has 2 rings (SSSR count). The van der Waals surface area contributed by atoms with Crippen molar-refractivity contribution < 1.29 is 34.2 Å². The highest BCUT2D eigenvalue weighted by Crippen LogP contribution is 2.11. The summed E-state index contributed by atoms with van der Waals surface area (Å²) in [5, 5.41) is 26.3. The van der Waals surface area contributed by atoms with Crippen LogP contribution in [-0.4, -0.2) is 74.0 Å². The third kappa shape index (κ3) is 10.2. The van der Waals surface area contributed by atoms with Crippen LogP contribution in [0, 0.1) is 5.92 Å². The Morgan fingerprint density at radius 1 is 0.949 bits per heavy atom. The van der Waals surface area contributed by atoms with Gasteiger partial charge >= 0.3 is 11.9 Å². The van der Waals surface area contributed by atoms with Gasteiger partial charge in [-0.2, -0.15) is 0 Å². The Balaban J connectivity index is 2.14. The lowest BCUT2D eigenvalue weighted by Gasteiger charge is -2.28. The number of carboxylic acid groups (broad SMARTS) is 2. The summed E-state index contributed by atoms with van der Waals surface area (Å²) in [6.07, 6.45) is 2.77. The molecule has 212 valence electrons. The van der Waals surface area contributed by atoms with Gasteiger partial charge in [-0.15, -0.1) is 0 Å². The Morgan fingerprint density at radius 3 is 2.18 bits per heavy atom. The number of nitrogens with two attached hydrogens (primary N) is 1. The average molecular weight is 545 g/mol. The second-order valence-electron chi connectivity index (χ2n) is 9.34. The van der Waals surface area contributed by atoms with E-state index in [1.54, 1.807) is 38.1 Å². The minimum atomic E-state index is -1.29. The highest BCUT2D eigenvalue weighted by atomic mass is 16.4. The first-order chi connectivity index (χ1) is 18.5. The number of hydrogen-bond donors (Lipinski definition) is 7. The molecule has 5 unspecified atom stereocenters. The number of aliphatic carboxylic acids is 2. The predicted molar refractivity (Wildman–Crippen MR) is 140 cm³/mol. The van der Waals surface area contributed by atoms with Crippen molar-refractivity contribution in [2.75, 3.05) is 0 Å². The number of carboxylic acids is 2. The Labute approximate surface area is 226 Å². The maximum Gasteiger partial charge on any atom is 0.326 e. The van der Waals surface area contributed by atoms with Gasteiger partial charge in [0, 0.05) is 24.7 Å². The van der Waals surface area contributed by atoms with Crippen molar-refractivity contribution in [2.24, 2.45) is 11.7 Å². The Kier molecular flexibility index (Phi) is 12.1. The van der Waals surface area contributed by atoms with E-state index in [1.807, 2.05) is 6.07 Å². The molecular weight excluding hydrogens is 508 g/mol. The smallest absolute Gasteiger partial charge is 0.326 e. The van der Waals surface area contributed by atoms with E-state index in [9.17, 15) is 29.1 Å². The van der Waals surface area contributed by atoms with E-state index in [4.69, 9.17) is 10.8 Å². The largest absolute Gasteiger partial charge is 0.481 e. The molecule has 0 aliphatic rings. The molecule has 1 heterocycles. The van der Waals surface area contributed by atoms with Gasteiger partial charge in [-0.3, -0.25) is 19.2 Å². The van der Waals surface area contributed by atoms with Gasteiger partial charge in [0.25, 0.3) is 0 Å². The minimum absolute atomic E-state index is 0.0567. The summed E-state index contributed by atoms with van der Waals surface area (Å²) in [6.45, 7) is 3.50. The Bertz CT molecular complexity index is 1110. The van der Waals surface area contributed by atoms with Gasteiger partial charge in [-0.25, -0.2) is 9.78 Å². The molecule has 1 aromatic heterocycles. The number of nitrogens with one attached hydrogen (secondary N) is 4. The zero-order chi connectivity index (χ0) is 28.9. The third-order valence-electron chi connectivity index (χ3n) is 6.30. The minimum Gasteiger partial charge on any atom is -0.481 e. The molecule has 13 nitrogen and oxygen atoms in total. The fourth-order valence-electron chi connectivity index (χ4n) is 3.81. The Morgan fingerprint density at radius 2 is 1.62 bits per heavy atom. The second kappa shape index (κ2) is 15.2. The van der Waals surface area contributed by atoms with Crippen molar-refractivity contribution in [3.63, 3.8) is 0 Å². The van der Waals surface area contributed by atoms with Crippen molar-refractivity contribution in [2.45, 2.75) is 70.1 Å². The van der Waals surface area contributed by atoms with Crippen LogP contribution in [0.4, 0.5) is 0 Å². The number of hydrogen-bond acceptors (Lipinski definition) is 7. The van der Waals surface area contributed by atoms with E-state index < -0.39 is 66.2 Å². The number of carbonyl (C=O) groups is 5. The highest BCUT2D eigenvalue weighted by molar-refractivity contribution is 5.94. The molecule has 0 bridgehead atoms. The van der Waals surface area contributed by atoms with Crippen LogP contribution in [0.1, 0.15) is 44.4 Å². The number of aromatic nitrogens is 2. The molecule has 0 fully saturated rings. The van der Waals surface area contributed by atoms with Crippen molar-refractivity contribution in [3.05, 3.63) is 54.1 Å². The van der Waals surface area contributed by atoms with Gasteiger partial charge in [0.05, 0.1) is 12.4 Å². The summed E-state index contributed by atoms with van der Waals surface area (Å²) in [7, 11) is 0. The van der Waals surface area contributed by atoms with Crippen LogP contribution >= 0.6 is 0 Å². The monoisotopic (exact) mass is 544 g/mol. The molecule has 2 aromatic rings. The number of aromatic amines is 1. The van der Waals surface area contributed by atoms with E-state index in [0.29, 0.717) is 12.1 Å². The molecule has 0 saturated heterocycles. The molecule has 0 radical (unpaired) electrons. The van der Waals surface area contributed by atoms with Crippen molar-refractivity contribution in [1.29, 1.82) is 0 Å². The predicted octanol–water partition coefficient (Wildman–Crippen LogP) is -0.0279. The van der Waals surface area contributed by atoms with Crippen molar-refractivity contribution >= 4 is 29.7 Å². The lowest BCUT2D eigenvalue weighted by atomic mass is 9.96. The van der Waals surface area contributed by atoms with Gasteiger partial charge in [-0.05, 0) is 24.3 Å². The van der Waals surface area contributed by atoms with Crippen LogP contribution in [0.5, 0.6) is 0 Å². The van der Waals surface area contributed by atoms with Gasteiger partial charge in [0.2, 0.25) is 17.7 Å². The SMILES string of the molecule is CCC(C)C(NC(=O)C(CCC(=O)O)NC(=O)C(N)Cc1ccccc1)C(=O)NC(Cc1cnc[nH]1)C(=O)O. The highest BCUT2D eigenvalue weighted by Gasteiger charge is 2.33. The molecule has 1 aromatic carbocycles. The number of nitrogens with zero attached hydrogens (tertiary/aromatic N) is 1. The molecule has 8 N–H and O–H groups in total. The van der Waals surface area contributed by atoms with Gasteiger partial charge in [0.15, 0.2) is 0 Å². The molecule has 0 aliphatic heterocycles. The van der Waals surface area contributed by atoms with E-state index in [0.717, 1.165) is 5.56 Å². The third-order valence-corrected chi connectivity index (χ3v) is 6.30. The lowest BCUT2D eigenvalue weighted by molar-refractivity contribution is -0.142. The summed E-state index contributed by atoms with van der Waals surface area (Å²) >= 11 is 0. The molecule has 13 heteroatoms. The zero-order valence-corrected chi connectivity index (χ0v) is 21.9. The molecule has 5 atom stereocenters. The summed E-state index contributed by atoms with van der Waals surface area (Å²) in [5.74, 6) is -5.02. The van der Waals surface area contributed by atoms with Crippen molar-refractivity contribution in [1.82, 2.24) is 25.9 Å². The molecule has 39 heavy (non-hydrogen) atoms. The molecule has 0 aliphatic carbocycles. The van der Waals surface area contributed by atoms with Crippen molar-refractivity contribution in [3.8, 4) is 0 Å². The lowest BCUT2D eigenvalue weighted by Crippen LogP contribution is -2.59. The second-order valence-corrected chi connectivity index (χ2v) is 9.34. The number of imidazole rings is 1. The first kappa shape index (κ1) is 31.0. The van der Waals surface area contributed by atoms with Crippen LogP contribution < -0.4 is 21.7 Å². The van der Waals surface area contributed by atoms with Crippen LogP contribution in [0.15, 0.2) is 42.9 Å². The summed E-state index contributed by atoms with van der Waals surface area (Å²) in [5.41, 5.74) is 7.33. The number of amides is 3. The van der Waals surface area contributed by atoms with Crippen LogP contribution in [0.3, 0.4) is 0 Å².